The SMILES string of the molecule is CN1CCN(CC=Cc2ccccc2)C[C@H]1C(=O)NC(C)(C)C. The maximum Gasteiger partial charge on any atom is 0.239 e. The first-order chi connectivity index (χ1) is 10.8. The van der Waals surface area contributed by atoms with Crippen LogP contribution in [-0.2, 0) is 4.79 Å². The van der Waals surface area contributed by atoms with E-state index in [1.165, 1.54) is 5.56 Å². The summed E-state index contributed by atoms with van der Waals surface area (Å²) in [5.41, 5.74) is 1.02. The van der Waals surface area contributed by atoms with Gasteiger partial charge in [0.1, 0.15) is 6.04 Å². The lowest BCUT2D eigenvalue weighted by molar-refractivity contribution is -0.129. The predicted molar refractivity (Wildman–Crippen MR) is 96.2 cm³/mol. The second kappa shape index (κ2) is 7.75. The number of nitrogens with one attached hydrogen (secondary N) is 1. The lowest BCUT2D eigenvalue weighted by Crippen LogP contribution is -2.59. The molecule has 1 fully saturated rings. The average Bonchev–Trinajstić information content (AvgIpc) is 2.48. The summed E-state index contributed by atoms with van der Waals surface area (Å²) in [5, 5.41) is 3.10. The highest BCUT2D eigenvalue weighted by Gasteiger charge is 2.31. The molecule has 0 spiro atoms. The molecule has 4 heteroatoms. The van der Waals surface area contributed by atoms with E-state index in [0.29, 0.717) is 0 Å². The fourth-order valence-corrected chi connectivity index (χ4v) is 2.73. The lowest BCUT2D eigenvalue weighted by Gasteiger charge is -2.39. The molecule has 0 aliphatic carbocycles. The minimum absolute atomic E-state index is 0.0758. The van der Waals surface area contributed by atoms with Crippen molar-refractivity contribution in [3.8, 4) is 0 Å². The van der Waals surface area contributed by atoms with Crippen molar-refractivity contribution in [3.63, 3.8) is 0 Å². The molecule has 0 saturated carbocycles. The first-order valence-electron chi connectivity index (χ1n) is 8.31. The summed E-state index contributed by atoms with van der Waals surface area (Å²) in [6.45, 7) is 9.63. The number of hydrogen-bond donors (Lipinski definition) is 1. The normalized spacial score (nSPS) is 20.8. The highest BCUT2D eigenvalue weighted by atomic mass is 16.2. The molecular formula is C19H29N3O. The molecule has 0 aromatic heterocycles. The highest BCUT2D eigenvalue weighted by molar-refractivity contribution is 5.82. The Morgan fingerprint density at radius 2 is 1.96 bits per heavy atom. The fourth-order valence-electron chi connectivity index (χ4n) is 2.73. The minimum atomic E-state index is -0.187. The number of carbonyl (C=O) groups excluding carboxylic acids is 1. The molecule has 1 aromatic rings. The third-order valence-electron chi connectivity index (χ3n) is 4.01. The Balaban J connectivity index is 1.89. The number of hydrogen-bond acceptors (Lipinski definition) is 3. The van der Waals surface area contributed by atoms with Crippen molar-refractivity contribution in [2.75, 3.05) is 33.2 Å². The number of likely N-dealkylation sites (N-methyl/N-ethyl adjacent to an activating group) is 1. The zero-order chi connectivity index (χ0) is 16.9. The third kappa shape index (κ3) is 5.81. The Hall–Kier alpha value is -1.65. The van der Waals surface area contributed by atoms with Gasteiger partial charge in [0.05, 0.1) is 0 Å². The largest absolute Gasteiger partial charge is 0.350 e. The smallest absolute Gasteiger partial charge is 0.239 e. The summed E-state index contributed by atoms with van der Waals surface area (Å²) in [4.78, 5) is 17.0. The van der Waals surface area contributed by atoms with Crippen LogP contribution in [0.15, 0.2) is 36.4 Å². The molecule has 1 aliphatic rings. The van der Waals surface area contributed by atoms with E-state index in [-0.39, 0.29) is 17.5 Å². The predicted octanol–water partition coefficient (Wildman–Crippen LogP) is 2.23. The quantitative estimate of drug-likeness (QED) is 0.925. The van der Waals surface area contributed by atoms with Crippen LogP contribution in [0.3, 0.4) is 0 Å². The Kier molecular flexibility index (Phi) is 5.97. The molecule has 1 N–H and O–H groups in total. The van der Waals surface area contributed by atoms with Crippen LogP contribution in [0.4, 0.5) is 0 Å². The van der Waals surface area contributed by atoms with Gasteiger partial charge in [0.2, 0.25) is 5.91 Å². The van der Waals surface area contributed by atoms with Crippen molar-refractivity contribution in [1.29, 1.82) is 0 Å². The molecule has 1 aromatic carbocycles. The highest BCUT2D eigenvalue weighted by Crippen LogP contribution is 2.10. The lowest BCUT2D eigenvalue weighted by atomic mass is 10.1. The monoisotopic (exact) mass is 315 g/mol. The number of nitrogens with zero attached hydrogens (tertiary/aromatic N) is 2. The number of amides is 1. The van der Waals surface area contributed by atoms with Crippen LogP contribution in [-0.4, -0.2) is 60.5 Å². The van der Waals surface area contributed by atoms with Crippen LogP contribution >= 0.6 is 0 Å². The van der Waals surface area contributed by atoms with Crippen LogP contribution in [0.25, 0.3) is 6.08 Å². The summed E-state index contributed by atoms with van der Waals surface area (Å²) in [5.74, 6) is 0.122. The summed E-state index contributed by atoms with van der Waals surface area (Å²) >= 11 is 0. The number of benzene rings is 1. The molecule has 1 aliphatic heterocycles. The van der Waals surface area contributed by atoms with Gasteiger partial charge >= 0.3 is 0 Å². The van der Waals surface area contributed by atoms with E-state index in [4.69, 9.17) is 0 Å². The fraction of sp³-hybridized carbons (Fsp3) is 0.526. The number of piperazine rings is 1. The van der Waals surface area contributed by atoms with Gasteiger partial charge in [-0.25, -0.2) is 0 Å². The van der Waals surface area contributed by atoms with Crippen molar-refractivity contribution in [1.82, 2.24) is 15.1 Å². The molecule has 4 nitrogen and oxygen atoms in total. The van der Waals surface area contributed by atoms with Crippen molar-refractivity contribution in [3.05, 3.63) is 42.0 Å². The second-order valence-electron chi connectivity index (χ2n) is 7.31. The van der Waals surface area contributed by atoms with Gasteiger partial charge < -0.3 is 5.32 Å². The van der Waals surface area contributed by atoms with Crippen LogP contribution < -0.4 is 5.32 Å². The third-order valence-corrected chi connectivity index (χ3v) is 4.01. The van der Waals surface area contributed by atoms with E-state index in [0.717, 1.165) is 26.2 Å². The van der Waals surface area contributed by atoms with Crippen LogP contribution in [0.5, 0.6) is 0 Å². The minimum Gasteiger partial charge on any atom is -0.350 e. The second-order valence-corrected chi connectivity index (χ2v) is 7.31. The molecule has 0 unspecified atom stereocenters. The van der Waals surface area contributed by atoms with Gasteiger partial charge in [0, 0.05) is 31.7 Å². The molecule has 1 atom stereocenters. The summed E-state index contributed by atoms with van der Waals surface area (Å²) in [7, 11) is 2.03. The molecule has 1 heterocycles. The molecule has 1 saturated heterocycles. The first kappa shape index (κ1) is 17.7. The zero-order valence-corrected chi connectivity index (χ0v) is 14.7. The van der Waals surface area contributed by atoms with Gasteiger partial charge in [-0.15, -0.1) is 0 Å². The Morgan fingerprint density at radius 3 is 2.61 bits per heavy atom. The standard InChI is InChI=1S/C19H29N3O/c1-19(2,3)20-18(23)17-15-22(14-13-21(17)4)12-8-11-16-9-6-5-7-10-16/h5-11,17H,12-15H2,1-4H3,(H,20,23)/t17-/m0/s1. The first-order valence-corrected chi connectivity index (χ1v) is 8.31. The maximum absolute atomic E-state index is 12.5. The van der Waals surface area contributed by atoms with Crippen LogP contribution in [0.2, 0.25) is 0 Å². The van der Waals surface area contributed by atoms with Crippen LogP contribution in [0, 0.1) is 0 Å². The average molecular weight is 315 g/mol. The van der Waals surface area contributed by atoms with E-state index in [2.05, 4.69) is 39.4 Å². The van der Waals surface area contributed by atoms with Gasteiger partial charge in [-0.05, 0) is 33.4 Å². The van der Waals surface area contributed by atoms with E-state index in [1.807, 2.05) is 46.0 Å². The van der Waals surface area contributed by atoms with E-state index < -0.39 is 0 Å². The van der Waals surface area contributed by atoms with Crippen LogP contribution in [0.1, 0.15) is 26.3 Å². The van der Waals surface area contributed by atoms with Gasteiger partial charge in [-0.1, -0.05) is 42.5 Å². The summed E-state index contributed by atoms with van der Waals surface area (Å²) in [6.07, 6.45) is 4.32. The Bertz CT molecular complexity index is 533. The number of rotatable bonds is 4. The molecule has 0 bridgehead atoms. The van der Waals surface area contributed by atoms with Crippen molar-refractivity contribution < 1.29 is 4.79 Å². The van der Waals surface area contributed by atoms with E-state index in [1.54, 1.807) is 0 Å². The summed E-state index contributed by atoms with van der Waals surface area (Å²) in [6, 6.07) is 10.2. The summed E-state index contributed by atoms with van der Waals surface area (Å²) < 4.78 is 0. The topological polar surface area (TPSA) is 35.6 Å². The molecule has 2 rings (SSSR count). The Morgan fingerprint density at radius 1 is 1.26 bits per heavy atom. The van der Waals surface area contributed by atoms with Gasteiger partial charge in [-0.3, -0.25) is 14.6 Å². The molecular weight excluding hydrogens is 286 g/mol. The van der Waals surface area contributed by atoms with Gasteiger partial charge in [0.15, 0.2) is 0 Å². The molecule has 23 heavy (non-hydrogen) atoms. The van der Waals surface area contributed by atoms with E-state index in [9.17, 15) is 4.79 Å². The van der Waals surface area contributed by atoms with Crippen molar-refractivity contribution in [2.24, 2.45) is 0 Å². The molecule has 126 valence electrons. The van der Waals surface area contributed by atoms with Gasteiger partial charge in [-0.2, -0.15) is 0 Å². The maximum atomic E-state index is 12.5. The molecule has 1 amide bonds. The zero-order valence-electron chi connectivity index (χ0n) is 14.7. The van der Waals surface area contributed by atoms with Crippen molar-refractivity contribution in [2.45, 2.75) is 32.4 Å². The van der Waals surface area contributed by atoms with E-state index >= 15 is 0 Å². The Labute approximate surface area is 140 Å². The van der Waals surface area contributed by atoms with Crippen molar-refractivity contribution >= 4 is 12.0 Å². The van der Waals surface area contributed by atoms with Gasteiger partial charge in [0.25, 0.3) is 0 Å². The number of carbonyl (C=O) groups is 1. The molecule has 0 radical (unpaired) electrons.